The molecule has 1 aliphatic rings. The van der Waals surface area contributed by atoms with Gasteiger partial charge in [0, 0.05) is 23.4 Å². The molecule has 0 unspecified atom stereocenters. The van der Waals surface area contributed by atoms with E-state index in [1.165, 1.54) is 0 Å². The highest BCUT2D eigenvalue weighted by Crippen LogP contribution is 2.35. The molecule has 1 amide bonds. The van der Waals surface area contributed by atoms with E-state index in [2.05, 4.69) is 26.4 Å². The largest absolute Gasteiger partial charge is 0.454 e. The number of carbonyl (C=O) groups excluding carboxylic acids is 1. The number of benzene rings is 1. The summed E-state index contributed by atoms with van der Waals surface area (Å²) in [6, 6.07) is 7.35. The molecule has 0 radical (unpaired) electrons. The summed E-state index contributed by atoms with van der Waals surface area (Å²) in [5.74, 6) is 2.01. The molecular formula is C14H13BrN2O4. The second-order valence-corrected chi connectivity index (χ2v) is 5.26. The van der Waals surface area contributed by atoms with E-state index in [1.54, 1.807) is 6.07 Å². The van der Waals surface area contributed by atoms with Gasteiger partial charge in [0.25, 0.3) is 0 Å². The van der Waals surface area contributed by atoms with Crippen molar-refractivity contribution in [3.8, 4) is 22.8 Å². The Balaban J connectivity index is 1.68. The molecule has 0 spiro atoms. The highest BCUT2D eigenvalue weighted by molar-refractivity contribution is 9.09. The fourth-order valence-electron chi connectivity index (χ4n) is 1.94. The van der Waals surface area contributed by atoms with E-state index in [9.17, 15) is 4.79 Å². The van der Waals surface area contributed by atoms with Crippen LogP contribution in [0.3, 0.4) is 0 Å². The van der Waals surface area contributed by atoms with Gasteiger partial charge in [-0.15, -0.1) is 0 Å². The summed E-state index contributed by atoms with van der Waals surface area (Å²) >= 11 is 3.22. The summed E-state index contributed by atoms with van der Waals surface area (Å²) in [6.07, 6.45) is 0.437. The summed E-state index contributed by atoms with van der Waals surface area (Å²) in [7, 11) is 0. The minimum atomic E-state index is -0.0282. The van der Waals surface area contributed by atoms with Crippen LogP contribution in [0.15, 0.2) is 28.8 Å². The molecule has 1 aliphatic heterocycles. The quantitative estimate of drug-likeness (QED) is 0.836. The number of hydrogen-bond donors (Lipinski definition) is 1. The first-order chi connectivity index (χ1) is 10.3. The first-order valence-corrected chi connectivity index (χ1v) is 7.56. The molecule has 0 bridgehead atoms. The lowest BCUT2D eigenvalue weighted by atomic mass is 10.1. The maximum atomic E-state index is 11.4. The minimum absolute atomic E-state index is 0.0282. The lowest BCUT2D eigenvalue weighted by molar-refractivity contribution is -0.120. The van der Waals surface area contributed by atoms with E-state index in [4.69, 9.17) is 14.0 Å². The molecule has 1 aromatic heterocycles. The number of alkyl halides is 1. The lowest BCUT2D eigenvalue weighted by Gasteiger charge is -1.99. The number of fused-ring (bicyclic) bond motifs is 1. The van der Waals surface area contributed by atoms with Gasteiger partial charge in [0.2, 0.25) is 12.7 Å². The second-order valence-electron chi connectivity index (χ2n) is 4.47. The van der Waals surface area contributed by atoms with Crippen molar-refractivity contribution in [3.05, 3.63) is 30.0 Å². The van der Waals surface area contributed by atoms with Crippen LogP contribution in [0, 0.1) is 0 Å². The number of carbonyl (C=O) groups is 1. The van der Waals surface area contributed by atoms with Crippen molar-refractivity contribution in [1.29, 1.82) is 0 Å². The van der Waals surface area contributed by atoms with Crippen LogP contribution < -0.4 is 14.8 Å². The van der Waals surface area contributed by atoms with E-state index in [0.717, 1.165) is 11.3 Å². The zero-order valence-electron chi connectivity index (χ0n) is 11.1. The van der Waals surface area contributed by atoms with Crippen LogP contribution in [0.5, 0.6) is 11.5 Å². The van der Waals surface area contributed by atoms with Crippen molar-refractivity contribution in [2.45, 2.75) is 13.0 Å². The first kappa shape index (κ1) is 13.9. The molecule has 0 saturated heterocycles. The summed E-state index contributed by atoms with van der Waals surface area (Å²) < 4.78 is 15.9. The van der Waals surface area contributed by atoms with Crippen LogP contribution in [0.1, 0.15) is 12.1 Å². The Hall–Kier alpha value is -2.02. The summed E-state index contributed by atoms with van der Waals surface area (Å²) in [4.78, 5) is 11.4. The number of halogens is 1. The molecule has 0 fully saturated rings. The van der Waals surface area contributed by atoms with Crippen LogP contribution in [0.25, 0.3) is 11.3 Å². The number of nitrogens with one attached hydrogen (secondary N) is 1. The van der Waals surface area contributed by atoms with Gasteiger partial charge >= 0.3 is 0 Å². The SMILES string of the molecule is O=C(CCBr)NCc1cc(-c2ccc3c(c2)OCO3)on1. The van der Waals surface area contributed by atoms with Crippen LogP contribution >= 0.6 is 15.9 Å². The number of rotatable bonds is 5. The maximum Gasteiger partial charge on any atom is 0.231 e. The summed E-state index contributed by atoms with van der Waals surface area (Å²) in [5, 5.41) is 7.35. The molecule has 21 heavy (non-hydrogen) atoms. The van der Waals surface area contributed by atoms with Crippen LogP contribution in [0.4, 0.5) is 0 Å². The Morgan fingerprint density at radius 2 is 2.14 bits per heavy atom. The van der Waals surface area contributed by atoms with Crippen molar-refractivity contribution >= 4 is 21.8 Å². The molecule has 1 N–H and O–H groups in total. The van der Waals surface area contributed by atoms with Crippen LogP contribution in [-0.2, 0) is 11.3 Å². The Morgan fingerprint density at radius 1 is 1.29 bits per heavy atom. The lowest BCUT2D eigenvalue weighted by Crippen LogP contribution is -2.22. The number of ether oxygens (including phenoxy) is 2. The highest BCUT2D eigenvalue weighted by atomic mass is 79.9. The Kier molecular flexibility index (Phi) is 4.10. The minimum Gasteiger partial charge on any atom is -0.454 e. The predicted molar refractivity (Wildman–Crippen MR) is 78.3 cm³/mol. The number of amides is 1. The van der Waals surface area contributed by atoms with Gasteiger partial charge < -0.3 is 19.3 Å². The third-order valence-corrected chi connectivity index (χ3v) is 3.40. The molecule has 0 aliphatic carbocycles. The van der Waals surface area contributed by atoms with E-state index < -0.39 is 0 Å². The van der Waals surface area contributed by atoms with Crippen molar-refractivity contribution < 1.29 is 18.8 Å². The summed E-state index contributed by atoms with van der Waals surface area (Å²) in [6.45, 7) is 0.583. The number of aromatic nitrogens is 1. The summed E-state index contributed by atoms with van der Waals surface area (Å²) in [5.41, 5.74) is 1.52. The van der Waals surface area contributed by atoms with Crippen molar-refractivity contribution in [1.82, 2.24) is 10.5 Å². The topological polar surface area (TPSA) is 73.6 Å². The molecular weight excluding hydrogens is 340 g/mol. The fourth-order valence-corrected chi connectivity index (χ4v) is 2.30. The number of nitrogens with zero attached hydrogens (tertiary/aromatic N) is 1. The first-order valence-electron chi connectivity index (χ1n) is 6.44. The normalized spacial score (nSPS) is 12.4. The molecule has 2 aromatic rings. The third kappa shape index (κ3) is 3.18. The zero-order chi connectivity index (χ0) is 14.7. The van der Waals surface area contributed by atoms with Gasteiger partial charge in [-0.05, 0) is 18.2 Å². The van der Waals surface area contributed by atoms with Crippen LogP contribution in [0.2, 0.25) is 0 Å². The number of hydrogen-bond acceptors (Lipinski definition) is 5. The van der Waals surface area contributed by atoms with Crippen molar-refractivity contribution in [2.75, 3.05) is 12.1 Å². The highest BCUT2D eigenvalue weighted by Gasteiger charge is 2.16. The van der Waals surface area contributed by atoms with Gasteiger partial charge in [0.15, 0.2) is 17.3 Å². The Labute approximate surface area is 129 Å². The zero-order valence-corrected chi connectivity index (χ0v) is 12.7. The Morgan fingerprint density at radius 3 is 3.00 bits per heavy atom. The van der Waals surface area contributed by atoms with E-state index in [1.807, 2.05) is 18.2 Å². The molecule has 0 saturated carbocycles. The van der Waals surface area contributed by atoms with Gasteiger partial charge in [0.05, 0.1) is 6.54 Å². The standard InChI is InChI=1S/C14H13BrN2O4/c15-4-3-14(18)16-7-10-6-12(21-17-10)9-1-2-11-13(5-9)20-8-19-11/h1-2,5-6H,3-4,7-8H2,(H,16,18). The van der Waals surface area contributed by atoms with Crippen molar-refractivity contribution in [2.24, 2.45) is 0 Å². The van der Waals surface area contributed by atoms with E-state index in [-0.39, 0.29) is 12.7 Å². The van der Waals surface area contributed by atoms with Crippen LogP contribution in [-0.4, -0.2) is 23.2 Å². The van der Waals surface area contributed by atoms with Gasteiger partial charge in [-0.3, -0.25) is 4.79 Å². The Bertz CT molecular complexity index is 656. The van der Waals surface area contributed by atoms with Gasteiger partial charge in [-0.1, -0.05) is 21.1 Å². The van der Waals surface area contributed by atoms with Gasteiger partial charge in [0.1, 0.15) is 5.69 Å². The molecule has 2 heterocycles. The monoisotopic (exact) mass is 352 g/mol. The average Bonchev–Trinajstić information content (AvgIpc) is 3.13. The molecule has 7 heteroatoms. The molecule has 0 atom stereocenters. The van der Waals surface area contributed by atoms with Gasteiger partial charge in [-0.2, -0.15) is 0 Å². The fraction of sp³-hybridized carbons (Fsp3) is 0.286. The average molecular weight is 353 g/mol. The second kappa shape index (κ2) is 6.17. The maximum absolute atomic E-state index is 11.4. The van der Waals surface area contributed by atoms with Crippen molar-refractivity contribution in [3.63, 3.8) is 0 Å². The third-order valence-electron chi connectivity index (χ3n) is 3.00. The molecule has 110 valence electrons. The van der Waals surface area contributed by atoms with E-state index >= 15 is 0 Å². The van der Waals surface area contributed by atoms with Gasteiger partial charge in [-0.25, -0.2) is 0 Å². The molecule has 6 nitrogen and oxygen atoms in total. The predicted octanol–water partition coefficient (Wildman–Crippen LogP) is 2.47. The molecule has 3 rings (SSSR count). The smallest absolute Gasteiger partial charge is 0.231 e. The molecule has 1 aromatic carbocycles. The van der Waals surface area contributed by atoms with E-state index in [0.29, 0.717) is 35.5 Å².